The molecule has 30 heavy (non-hydrogen) atoms. The second-order valence-corrected chi connectivity index (χ2v) is 10.7. The molecular formula is C23H28ClN3O2S. The van der Waals surface area contributed by atoms with E-state index in [1.807, 2.05) is 47.5 Å². The molecular weight excluding hydrogens is 418 g/mol. The SMILES string of the molecule is CC(C)(C)c1ccc(S(=O)(=O)C2CNCCN2c2ccc3ccncc3c2)cc1.Cl. The van der Waals surface area contributed by atoms with E-state index in [0.29, 0.717) is 18.0 Å². The number of hydrogen-bond donors (Lipinski definition) is 1. The number of aromatic nitrogens is 1. The summed E-state index contributed by atoms with van der Waals surface area (Å²) in [6.45, 7) is 8.15. The Labute approximate surface area is 184 Å². The van der Waals surface area contributed by atoms with E-state index in [9.17, 15) is 8.42 Å². The zero-order valence-corrected chi connectivity index (χ0v) is 19.1. The molecule has 3 aromatic rings. The van der Waals surface area contributed by atoms with E-state index in [1.54, 1.807) is 18.3 Å². The number of nitrogens with zero attached hydrogens (tertiary/aromatic N) is 2. The summed E-state index contributed by atoms with van der Waals surface area (Å²) >= 11 is 0. The number of benzene rings is 2. The topological polar surface area (TPSA) is 62.3 Å². The quantitative estimate of drug-likeness (QED) is 0.655. The van der Waals surface area contributed by atoms with Crippen LogP contribution in [0.25, 0.3) is 10.8 Å². The van der Waals surface area contributed by atoms with Gasteiger partial charge in [0.1, 0.15) is 5.37 Å². The highest BCUT2D eigenvalue weighted by Gasteiger charge is 2.35. The molecule has 0 amide bonds. The molecule has 2 heterocycles. The zero-order valence-electron chi connectivity index (χ0n) is 17.5. The third kappa shape index (κ3) is 4.31. The molecule has 1 N–H and O–H groups in total. The molecule has 7 heteroatoms. The molecule has 1 aliphatic rings. The summed E-state index contributed by atoms with van der Waals surface area (Å²) in [5, 5.41) is 4.70. The van der Waals surface area contributed by atoms with Crippen molar-refractivity contribution < 1.29 is 8.42 Å². The predicted octanol–water partition coefficient (Wildman–Crippen LogP) is 4.16. The maximum atomic E-state index is 13.5. The highest BCUT2D eigenvalue weighted by molar-refractivity contribution is 7.92. The molecule has 0 radical (unpaired) electrons. The number of nitrogens with one attached hydrogen (secondary N) is 1. The standard InChI is InChI=1S/C23H27N3O2S.ClH/c1-23(2,3)19-5-8-21(9-6-19)29(27,28)22-16-25-12-13-26(22)20-7-4-17-10-11-24-15-18(17)14-20;/h4-11,14-15,22,25H,12-13,16H2,1-3H3;1H. The van der Waals surface area contributed by atoms with Crippen molar-refractivity contribution in [3.05, 3.63) is 66.5 Å². The van der Waals surface area contributed by atoms with E-state index in [0.717, 1.165) is 28.6 Å². The van der Waals surface area contributed by atoms with E-state index in [2.05, 4.69) is 31.1 Å². The molecule has 0 saturated carbocycles. The molecule has 1 aliphatic heterocycles. The number of hydrogen-bond acceptors (Lipinski definition) is 5. The van der Waals surface area contributed by atoms with Crippen molar-refractivity contribution in [1.29, 1.82) is 0 Å². The number of anilines is 1. The largest absolute Gasteiger partial charge is 0.352 e. The first-order chi connectivity index (χ1) is 13.8. The monoisotopic (exact) mass is 445 g/mol. The van der Waals surface area contributed by atoms with Crippen molar-refractivity contribution in [2.75, 3.05) is 24.5 Å². The van der Waals surface area contributed by atoms with Gasteiger partial charge in [-0.3, -0.25) is 4.98 Å². The van der Waals surface area contributed by atoms with Gasteiger partial charge in [0, 0.05) is 43.1 Å². The van der Waals surface area contributed by atoms with E-state index in [-0.39, 0.29) is 17.8 Å². The van der Waals surface area contributed by atoms with Gasteiger partial charge in [0.15, 0.2) is 0 Å². The minimum absolute atomic E-state index is 0. The fourth-order valence-electron chi connectivity index (χ4n) is 3.80. The Bertz CT molecular complexity index is 1130. The van der Waals surface area contributed by atoms with Gasteiger partial charge in [0.05, 0.1) is 4.90 Å². The van der Waals surface area contributed by atoms with Crippen molar-refractivity contribution in [3.63, 3.8) is 0 Å². The van der Waals surface area contributed by atoms with Crippen LogP contribution < -0.4 is 10.2 Å². The summed E-state index contributed by atoms with van der Waals surface area (Å²) in [7, 11) is -3.53. The summed E-state index contributed by atoms with van der Waals surface area (Å²) in [6, 6.07) is 15.3. The molecule has 1 unspecified atom stereocenters. The summed E-state index contributed by atoms with van der Waals surface area (Å²) in [5.74, 6) is 0. The zero-order chi connectivity index (χ0) is 20.6. The molecule has 5 nitrogen and oxygen atoms in total. The van der Waals surface area contributed by atoms with Gasteiger partial charge in [-0.1, -0.05) is 39.0 Å². The third-order valence-electron chi connectivity index (χ3n) is 5.56. The lowest BCUT2D eigenvalue weighted by Crippen LogP contribution is -2.55. The Balaban J connectivity index is 0.00000256. The van der Waals surface area contributed by atoms with Gasteiger partial charge >= 0.3 is 0 Å². The summed E-state index contributed by atoms with van der Waals surface area (Å²) in [4.78, 5) is 6.56. The molecule has 4 rings (SSSR count). The number of rotatable bonds is 3. The Kier molecular flexibility index (Phi) is 6.41. The average Bonchev–Trinajstić information content (AvgIpc) is 2.73. The number of pyridine rings is 1. The Morgan fingerprint density at radius 3 is 2.47 bits per heavy atom. The van der Waals surface area contributed by atoms with E-state index in [1.165, 1.54) is 0 Å². The first-order valence-corrected chi connectivity index (χ1v) is 11.5. The highest BCUT2D eigenvalue weighted by atomic mass is 35.5. The molecule has 0 bridgehead atoms. The van der Waals surface area contributed by atoms with Crippen LogP contribution in [-0.2, 0) is 15.3 Å². The number of piperazine rings is 1. The first-order valence-electron chi connectivity index (χ1n) is 9.92. The van der Waals surface area contributed by atoms with Crippen LogP contribution in [0.15, 0.2) is 65.8 Å². The highest BCUT2D eigenvalue weighted by Crippen LogP contribution is 2.29. The van der Waals surface area contributed by atoms with Gasteiger partial charge in [0.25, 0.3) is 0 Å². The van der Waals surface area contributed by atoms with Crippen molar-refractivity contribution in [1.82, 2.24) is 10.3 Å². The molecule has 0 spiro atoms. The Morgan fingerprint density at radius 1 is 1.03 bits per heavy atom. The molecule has 1 atom stereocenters. The number of halogens is 1. The van der Waals surface area contributed by atoms with Crippen LogP contribution in [0.2, 0.25) is 0 Å². The van der Waals surface area contributed by atoms with Crippen LogP contribution in [0.1, 0.15) is 26.3 Å². The van der Waals surface area contributed by atoms with E-state index < -0.39 is 15.2 Å². The fraction of sp³-hybridized carbons (Fsp3) is 0.348. The Hall–Kier alpha value is -2.15. The average molecular weight is 446 g/mol. The first kappa shape index (κ1) is 22.5. The number of fused-ring (bicyclic) bond motifs is 1. The molecule has 1 saturated heterocycles. The second-order valence-electron chi connectivity index (χ2n) is 8.58. The van der Waals surface area contributed by atoms with Gasteiger partial charge < -0.3 is 10.2 Å². The van der Waals surface area contributed by atoms with Crippen LogP contribution in [0.3, 0.4) is 0 Å². The van der Waals surface area contributed by atoms with Crippen LogP contribution in [-0.4, -0.2) is 38.4 Å². The number of sulfone groups is 1. The minimum atomic E-state index is -3.53. The minimum Gasteiger partial charge on any atom is -0.352 e. The van der Waals surface area contributed by atoms with Crippen LogP contribution in [0.4, 0.5) is 5.69 Å². The normalized spacial score (nSPS) is 17.6. The van der Waals surface area contributed by atoms with E-state index >= 15 is 0 Å². The molecule has 2 aromatic carbocycles. The summed E-state index contributed by atoms with van der Waals surface area (Å²) in [6.07, 6.45) is 3.58. The van der Waals surface area contributed by atoms with Gasteiger partial charge in [-0.05, 0) is 46.7 Å². The molecule has 160 valence electrons. The lowest BCUT2D eigenvalue weighted by Gasteiger charge is -2.37. The van der Waals surface area contributed by atoms with Gasteiger partial charge in [-0.25, -0.2) is 8.42 Å². The maximum Gasteiger partial charge on any atom is 0.200 e. The third-order valence-corrected chi connectivity index (χ3v) is 7.63. The molecule has 0 aliphatic carbocycles. The predicted molar refractivity (Wildman–Crippen MR) is 125 cm³/mol. The van der Waals surface area contributed by atoms with E-state index in [4.69, 9.17) is 0 Å². The van der Waals surface area contributed by atoms with Crippen molar-refractivity contribution >= 4 is 38.7 Å². The maximum absolute atomic E-state index is 13.5. The fourth-order valence-corrected chi connectivity index (χ4v) is 5.53. The second kappa shape index (κ2) is 8.53. The van der Waals surface area contributed by atoms with Gasteiger partial charge in [-0.2, -0.15) is 0 Å². The lowest BCUT2D eigenvalue weighted by molar-refractivity contribution is 0.518. The van der Waals surface area contributed by atoms with Gasteiger partial charge in [0.2, 0.25) is 9.84 Å². The summed E-state index contributed by atoms with van der Waals surface area (Å²) < 4.78 is 27.0. The lowest BCUT2D eigenvalue weighted by atomic mass is 9.87. The summed E-state index contributed by atoms with van der Waals surface area (Å²) in [5.41, 5.74) is 2.02. The van der Waals surface area contributed by atoms with Crippen molar-refractivity contribution in [3.8, 4) is 0 Å². The smallest absolute Gasteiger partial charge is 0.200 e. The molecule has 1 fully saturated rings. The van der Waals surface area contributed by atoms with Crippen molar-refractivity contribution in [2.24, 2.45) is 0 Å². The van der Waals surface area contributed by atoms with Crippen LogP contribution in [0.5, 0.6) is 0 Å². The van der Waals surface area contributed by atoms with Crippen LogP contribution in [0, 0.1) is 0 Å². The van der Waals surface area contributed by atoms with Crippen molar-refractivity contribution in [2.45, 2.75) is 36.5 Å². The Morgan fingerprint density at radius 2 is 1.77 bits per heavy atom. The molecule has 1 aromatic heterocycles. The van der Waals surface area contributed by atoms with Crippen LogP contribution >= 0.6 is 12.4 Å². The van der Waals surface area contributed by atoms with Gasteiger partial charge in [-0.15, -0.1) is 12.4 Å².